The zero-order valence-corrected chi connectivity index (χ0v) is 17.0. The number of pyridine rings is 1. The van der Waals surface area contributed by atoms with Crippen LogP contribution in [-0.4, -0.2) is 68.9 Å². The molecular weight excluding hydrogens is 407 g/mol. The van der Waals surface area contributed by atoms with Crippen LogP contribution in [0.25, 0.3) is 11.2 Å². The number of hydrogen-bond donors (Lipinski definition) is 3. The Hall–Kier alpha value is -0.920. The summed E-state index contributed by atoms with van der Waals surface area (Å²) in [4.78, 5) is 8.67. The third kappa shape index (κ3) is 3.51. The van der Waals surface area contributed by atoms with E-state index in [1.807, 2.05) is 6.92 Å². The van der Waals surface area contributed by atoms with E-state index in [2.05, 4.69) is 45.5 Å². The van der Waals surface area contributed by atoms with Gasteiger partial charge in [-0.05, 0) is 47.4 Å². The van der Waals surface area contributed by atoms with Gasteiger partial charge in [0, 0.05) is 6.20 Å². The molecule has 3 rings (SSSR count). The summed E-state index contributed by atoms with van der Waals surface area (Å²) in [7, 11) is 0. The summed E-state index contributed by atoms with van der Waals surface area (Å²) in [5.74, 6) is 0.0714. The summed E-state index contributed by atoms with van der Waals surface area (Å²) in [5.41, 5.74) is 7.47. The van der Waals surface area contributed by atoms with Crippen molar-refractivity contribution in [2.45, 2.75) is 31.5 Å². The highest BCUT2D eigenvalue weighted by molar-refractivity contribution is 9.10. The molecule has 0 aromatic carbocycles. The standard InChI is InChI=1S/C16H24BrN4O3P/c1-8(7-25(2,3)4)13-11(22)12(23)15(24-13)21-14-10(20-16(21)17)9(18)5-6-19-14/h5-6,8,11-13,15,22-23H,2,7H2,1,3-4H3,(H2,18,19)/t8?,11-,12+,13+,15+/m0/s1. The van der Waals surface area contributed by atoms with Crippen molar-refractivity contribution in [1.82, 2.24) is 14.5 Å². The summed E-state index contributed by atoms with van der Waals surface area (Å²) in [6.45, 7) is 5.02. The fraction of sp³-hybridized carbons (Fsp3) is 0.562. The third-order valence-electron chi connectivity index (χ3n) is 4.44. The lowest BCUT2D eigenvalue weighted by molar-refractivity contribution is -0.0497. The van der Waals surface area contributed by atoms with Crippen molar-refractivity contribution in [1.29, 1.82) is 0 Å². The van der Waals surface area contributed by atoms with Crippen LogP contribution in [0.1, 0.15) is 13.2 Å². The summed E-state index contributed by atoms with van der Waals surface area (Å²) in [5, 5.41) is 21.1. The Balaban J connectivity index is 1.96. The van der Waals surface area contributed by atoms with Gasteiger partial charge >= 0.3 is 0 Å². The molecular formula is C16H24BrN4O3P. The first kappa shape index (κ1) is 18.9. The fourth-order valence-corrected chi connectivity index (χ4v) is 5.77. The van der Waals surface area contributed by atoms with Crippen LogP contribution in [-0.2, 0) is 4.74 Å². The fourth-order valence-electron chi connectivity index (χ4n) is 3.46. The average molecular weight is 431 g/mol. The van der Waals surface area contributed by atoms with Gasteiger partial charge < -0.3 is 20.7 Å². The number of nitrogen functional groups attached to an aromatic ring is 1. The molecule has 25 heavy (non-hydrogen) atoms. The lowest BCUT2D eigenvalue weighted by Crippen LogP contribution is -2.36. The van der Waals surface area contributed by atoms with Gasteiger partial charge in [0.1, 0.15) is 17.7 Å². The van der Waals surface area contributed by atoms with Crippen molar-refractivity contribution in [2.75, 3.05) is 25.2 Å². The maximum Gasteiger partial charge on any atom is 0.181 e. The van der Waals surface area contributed by atoms with Gasteiger partial charge in [0.25, 0.3) is 0 Å². The SMILES string of the molecule is C=P(C)(C)CC(C)[C@H]1O[C@@H](n2c(Br)nc3c(N)ccnc32)[C@H](O)[C@@H]1O. The minimum Gasteiger partial charge on any atom is -0.397 e. The molecule has 0 amide bonds. The average Bonchev–Trinajstić information content (AvgIpc) is 2.97. The molecule has 4 N–H and O–H groups in total. The van der Waals surface area contributed by atoms with Crippen molar-refractivity contribution in [3.05, 3.63) is 17.0 Å². The maximum absolute atomic E-state index is 10.6. The molecule has 0 saturated carbocycles. The topological polar surface area (TPSA) is 106 Å². The van der Waals surface area contributed by atoms with E-state index in [1.165, 1.54) is 0 Å². The van der Waals surface area contributed by atoms with Gasteiger partial charge in [-0.1, -0.05) is 6.92 Å². The van der Waals surface area contributed by atoms with Gasteiger partial charge in [-0.3, -0.25) is 4.57 Å². The number of nitrogens with zero attached hydrogens (tertiary/aromatic N) is 3. The van der Waals surface area contributed by atoms with Crippen molar-refractivity contribution in [2.24, 2.45) is 5.92 Å². The number of hydrogen-bond acceptors (Lipinski definition) is 6. The van der Waals surface area contributed by atoms with Crippen LogP contribution >= 0.6 is 22.8 Å². The van der Waals surface area contributed by atoms with Crippen LogP contribution in [0.5, 0.6) is 0 Å². The van der Waals surface area contributed by atoms with E-state index < -0.39 is 31.4 Å². The monoisotopic (exact) mass is 430 g/mol. The molecule has 1 aliphatic rings. The van der Waals surface area contributed by atoms with Gasteiger partial charge in [-0.2, -0.15) is 0 Å². The molecule has 3 heterocycles. The van der Waals surface area contributed by atoms with Gasteiger partial charge in [0.15, 0.2) is 16.6 Å². The van der Waals surface area contributed by atoms with E-state index >= 15 is 0 Å². The smallest absolute Gasteiger partial charge is 0.181 e. The molecule has 1 unspecified atom stereocenters. The second-order valence-electron chi connectivity index (χ2n) is 7.39. The first-order valence-electron chi connectivity index (χ1n) is 8.07. The largest absolute Gasteiger partial charge is 0.397 e. The quantitative estimate of drug-likeness (QED) is 0.637. The number of anilines is 1. The second-order valence-corrected chi connectivity index (χ2v) is 12.3. The number of imidazole rings is 1. The molecule has 2 aromatic rings. The molecule has 0 radical (unpaired) electrons. The molecule has 2 aromatic heterocycles. The van der Waals surface area contributed by atoms with Crippen LogP contribution in [0, 0.1) is 5.92 Å². The van der Waals surface area contributed by atoms with Crippen LogP contribution < -0.4 is 5.73 Å². The van der Waals surface area contributed by atoms with E-state index in [4.69, 9.17) is 10.5 Å². The highest BCUT2D eigenvalue weighted by Crippen LogP contribution is 2.43. The summed E-state index contributed by atoms with van der Waals surface area (Å²) >= 11 is 3.39. The van der Waals surface area contributed by atoms with Crippen molar-refractivity contribution in [3.8, 4) is 0 Å². The normalized spacial score (nSPS) is 28.6. The molecule has 138 valence electrons. The second kappa shape index (κ2) is 6.67. The molecule has 1 aliphatic heterocycles. The highest BCUT2D eigenvalue weighted by atomic mass is 79.9. The van der Waals surface area contributed by atoms with Crippen molar-refractivity contribution >= 4 is 46.0 Å². The van der Waals surface area contributed by atoms with Gasteiger partial charge in [0.05, 0.1) is 11.8 Å². The Bertz CT molecular complexity index is 836. The van der Waals surface area contributed by atoms with E-state index in [9.17, 15) is 10.2 Å². The summed E-state index contributed by atoms with van der Waals surface area (Å²) in [6, 6.07) is 1.66. The predicted molar refractivity (Wildman–Crippen MR) is 105 cm³/mol. The van der Waals surface area contributed by atoms with Gasteiger partial charge in [0.2, 0.25) is 0 Å². The highest BCUT2D eigenvalue weighted by Gasteiger charge is 2.47. The summed E-state index contributed by atoms with van der Waals surface area (Å²) in [6.07, 6.45) is 3.32. The Kier molecular flexibility index (Phi) is 5.03. The Labute approximate surface area is 155 Å². The van der Waals surface area contributed by atoms with E-state index in [1.54, 1.807) is 16.8 Å². The van der Waals surface area contributed by atoms with Gasteiger partial charge in [-0.25, -0.2) is 9.97 Å². The molecule has 0 bridgehead atoms. The number of aromatic nitrogens is 3. The molecule has 9 heteroatoms. The summed E-state index contributed by atoms with van der Waals surface area (Å²) < 4.78 is 8.15. The predicted octanol–water partition coefficient (Wildman–Crippen LogP) is 1.74. The number of rotatable bonds is 4. The minimum absolute atomic E-state index is 0.0714. The maximum atomic E-state index is 10.6. The number of nitrogens with two attached hydrogens (primary N) is 1. The van der Waals surface area contributed by atoms with Crippen LogP contribution in [0.15, 0.2) is 17.0 Å². The number of ether oxygens (including phenoxy) is 1. The number of aliphatic hydroxyl groups excluding tert-OH is 2. The number of fused-ring (bicyclic) bond motifs is 1. The van der Waals surface area contributed by atoms with Crippen LogP contribution in [0.3, 0.4) is 0 Å². The van der Waals surface area contributed by atoms with E-state index in [0.717, 1.165) is 6.16 Å². The zero-order valence-electron chi connectivity index (χ0n) is 14.5. The molecule has 0 spiro atoms. The minimum atomic E-state index is -1.29. The number of aliphatic hydroxyl groups is 2. The van der Waals surface area contributed by atoms with Crippen molar-refractivity contribution in [3.63, 3.8) is 0 Å². The van der Waals surface area contributed by atoms with Gasteiger partial charge in [-0.15, -0.1) is 13.2 Å². The zero-order chi connectivity index (χ0) is 18.5. The number of halogens is 1. The first-order chi connectivity index (χ1) is 11.6. The molecule has 7 nitrogen and oxygen atoms in total. The van der Waals surface area contributed by atoms with Crippen LogP contribution in [0.4, 0.5) is 5.69 Å². The third-order valence-corrected chi connectivity index (χ3v) is 6.56. The Morgan fingerprint density at radius 2 is 2.12 bits per heavy atom. The molecule has 5 atom stereocenters. The Morgan fingerprint density at radius 3 is 2.76 bits per heavy atom. The molecule has 0 aliphatic carbocycles. The van der Waals surface area contributed by atoms with Crippen molar-refractivity contribution < 1.29 is 14.9 Å². The molecule has 1 fully saturated rings. The lowest BCUT2D eigenvalue weighted by Gasteiger charge is -2.26. The van der Waals surface area contributed by atoms with E-state index in [-0.39, 0.29) is 5.92 Å². The van der Waals surface area contributed by atoms with Crippen LogP contribution in [0.2, 0.25) is 0 Å². The molecule has 1 saturated heterocycles. The lowest BCUT2D eigenvalue weighted by atomic mass is 10.0. The first-order valence-corrected chi connectivity index (χ1v) is 11.9. The Morgan fingerprint density at radius 1 is 1.44 bits per heavy atom. The van der Waals surface area contributed by atoms with E-state index in [0.29, 0.717) is 21.6 Å².